The fraction of sp³-hybridized carbons (Fsp3) is 0.398. The van der Waals surface area contributed by atoms with E-state index in [9.17, 15) is 40.8 Å². The second kappa shape index (κ2) is 46.9. The van der Waals surface area contributed by atoms with Gasteiger partial charge in [0.2, 0.25) is 37.8 Å². The molecular weight excluding hydrogens is 1710 g/mol. The highest BCUT2D eigenvalue weighted by atomic mass is 35.5. The smallest absolute Gasteiger partial charge is 0.410 e. The second-order valence-corrected chi connectivity index (χ2v) is 35.5. The summed E-state index contributed by atoms with van der Waals surface area (Å²) in [6.07, 6.45) is 0.914. The van der Waals surface area contributed by atoms with Gasteiger partial charge in [0.05, 0.1) is 135 Å². The zero-order valence-electron chi connectivity index (χ0n) is 70.2. The molecule has 0 unspecified atom stereocenters. The number of halogens is 4. The predicted molar refractivity (Wildman–Crippen MR) is 472 cm³/mol. The molecule has 3 fully saturated rings. The molecule has 123 heavy (non-hydrogen) atoms. The largest absolute Gasteiger partial charge is 0.496 e. The van der Waals surface area contributed by atoms with Crippen LogP contribution in [0, 0.1) is 0 Å². The Morgan fingerprint density at radius 2 is 0.772 bits per heavy atom. The van der Waals surface area contributed by atoms with Gasteiger partial charge in [-0.15, -0.1) is 0 Å². The lowest BCUT2D eigenvalue weighted by Crippen LogP contribution is -2.61. The van der Waals surface area contributed by atoms with Gasteiger partial charge in [0, 0.05) is 92.3 Å². The molecule has 3 heterocycles. The van der Waals surface area contributed by atoms with Gasteiger partial charge in [0.25, 0.3) is 0 Å². The van der Waals surface area contributed by atoms with E-state index < -0.39 is 61.4 Å². The molecule has 35 heteroatoms. The molecule has 664 valence electrons. The van der Waals surface area contributed by atoms with Gasteiger partial charge in [-0.2, -0.15) is 0 Å². The van der Waals surface area contributed by atoms with E-state index in [1.54, 1.807) is 121 Å². The lowest BCUT2D eigenvalue weighted by molar-refractivity contribution is -0.122. The number of nitrogens with zero attached hydrogens (tertiary/aromatic N) is 5. The third kappa shape index (κ3) is 29.7. The Labute approximate surface area is 739 Å². The van der Waals surface area contributed by atoms with Crippen LogP contribution in [0.1, 0.15) is 77.5 Å². The average Bonchev–Trinajstić information content (AvgIpc) is 0.798. The average molecular weight is 1820 g/mol. The second-order valence-electron chi connectivity index (χ2n) is 30.4. The number of sulfonamides is 2. The van der Waals surface area contributed by atoms with Gasteiger partial charge in [-0.1, -0.05) is 101 Å². The molecule has 8 aromatic rings. The summed E-state index contributed by atoms with van der Waals surface area (Å²) in [4.78, 5) is 71.8. The molecule has 29 nitrogen and oxygen atoms in total. The number of benzene rings is 8. The Morgan fingerprint density at radius 3 is 1.11 bits per heavy atom. The van der Waals surface area contributed by atoms with E-state index in [0.717, 1.165) is 40.4 Å². The third-order valence-corrected chi connectivity index (χ3v) is 23.2. The Hall–Kier alpha value is -9.71. The van der Waals surface area contributed by atoms with Crippen LogP contribution in [0.4, 0.5) is 26.7 Å². The van der Waals surface area contributed by atoms with Crippen molar-refractivity contribution in [3.05, 3.63) is 219 Å². The van der Waals surface area contributed by atoms with Crippen LogP contribution in [-0.2, 0) is 77.9 Å². The first-order valence-electron chi connectivity index (χ1n) is 39.8. The van der Waals surface area contributed by atoms with Gasteiger partial charge in [0.1, 0.15) is 58.8 Å². The van der Waals surface area contributed by atoms with Crippen LogP contribution in [-0.4, -0.2) is 206 Å². The predicted octanol–water partition coefficient (Wildman–Crippen LogP) is 13.8. The molecule has 0 aromatic heterocycles. The molecule has 5 N–H and O–H groups in total. The molecule has 11 rings (SSSR count). The molecule has 0 bridgehead atoms. The van der Waals surface area contributed by atoms with Crippen LogP contribution in [0.3, 0.4) is 0 Å². The maximum atomic E-state index is 13.5. The van der Waals surface area contributed by atoms with Crippen LogP contribution in [0.15, 0.2) is 192 Å². The Bertz CT molecular complexity index is 5040. The minimum absolute atomic E-state index is 0.00441. The minimum Gasteiger partial charge on any atom is -0.496 e. The van der Waals surface area contributed by atoms with E-state index in [-0.39, 0.29) is 93.6 Å². The number of carbonyl (C=O) groups is 5. The number of anilines is 3. The number of methoxy groups -OCH3 is 3. The molecule has 5 amide bonds. The molecule has 0 radical (unpaired) electrons. The van der Waals surface area contributed by atoms with E-state index in [2.05, 4.69) is 14.8 Å². The first-order valence-corrected chi connectivity index (χ1v) is 44.2. The van der Waals surface area contributed by atoms with Crippen molar-refractivity contribution < 1.29 is 92.9 Å². The van der Waals surface area contributed by atoms with Crippen molar-refractivity contribution in [3.8, 4) is 34.5 Å². The molecule has 3 aliphatic rings. The summed E-state index contributed by atoms with van der Waals surface area (Å²) < 4.78 is 119. The molecule has 3 aliphatic heterocycles. The first-order chi connectivity index (χ1) is 58.8. The Kier molecular flexibility index (Phi) is 37.0. The maximum Gasteiger partial charge on any atom is 0.410 e. The summed E-state index contributed by atoms with van der Waals surface area (Å²) in [6, 6.07) is 51.1. The molecule has 0 spiro atoms. The third-order valence-electron chi connectivity index (χ3n) is 18.9. The summed E-state index contributed by atoms with van der Waals surface area (Å²) in [6.45, 7) is 15.6. The zero-order valence-corrected chi connectivity index (χ0v) is 74.9. The molecule has 0 saturated carbocycles. The van der Waals surface area contributed by atoms with Crippen molar-refractivity contribution in [3.63, 3.8) is 0 Å². The van der Waals surface area contributed by atoms with Crippen LogP contribution < -0.4 is 63.6 Å². The van der Waals surface area contributed by atoms with Crippen LogP contribution >= 0.6 is 46.4 Å². The number of hydrogen-bond acceptors (Lipinski definition) is 22. The number of carbonyl (C=O) groups excluding carboxylic acids is 5. The van der Waals surface area contributed by atoms with Crippen molar-refractivity contribution in [2.24, 2.45) is 5.73 Å². The van der Waals surface area contributed by atoms with Gasteiger partial charge in [0.15, 0.2) is 0 Å². The molecule has 0 aliphatic carbocycles. The van der Waals surface area contributed by atoms with Gasteiger partial charge in [-0.25, -0.2) is 35.9 Å². The number of rotatable bonds is 36. The first kappa shape index (κ1) is 97.1. The van der Waals surface area contributed by atoms with Crippen molar-refractivity contribution in [2.75, 3.05) is 135 Å². The molecule has 3 atom stereocenters. The van der Waals surface area contributed by atoms with Crippen molar-refractivity contribution in [2.45, 2.75) is 120 Å². The van der Waals surface area contributed by atoms with E-state index in [0.29, 0.717) is 120 Å². The summed E-state index contributed by atoms with van der Waals surface area (Å²) in [7, 11) is -2.99. The molecular formula is C88H107Cl4N9O20S2. The highest BCUT2D eigenvalue weighted by Crippen LogP contribution is 2.32. The number of nitrogens with one attached hydrogen (secondary N) is 3. The summed E-state index contributed by atoms with van der Waals surface area (Å²) in [5.41, 5.74) is 9.39. The van der Waals surface area contributed by atoms with E-state index in [1.165, 1.54) is 51.1 Å². The SMILES string of the molecule is COc1ccccc1COCCCOc1ccc(N2C(=O)CN(C(=O)OC(C)(C)C)C[C@@H]2CN)cc1.COc1ccccc1COCCCOc1ccc(N2C(=O)CN(C(=O)OC(C)(C)C)C[C@@H]2CNS(=O)(=O)c2ccc(Cl)c(Cl)c2)cc1.COc1ccccc1COCCCOc1ccc(N2C(=O)CNC[C@@H]2CNS(=O)(=O)c2ccc(Cl)c(Cl)c2)cc1. The highest BCUT2D eigenvalue weighted by molar-refractivity contribution is 7.89. The van der Waals surface area contributed by atoms with E-state index >= 15 is 0 Å². The van der Waals surface area contributed by atoms with Crippen molar-refractivity contribution >= 4 is 113 Å². The lowest BCUT2D eigenvalue weighted by atomic mass is 10.1. The topological polar surface area (TPSA) is 333 Å². The number of para-hydroxylation sites is 3. The van der Waals surface area contributed by atoms with Gasteiger partial charge < -0.3 is 77.9 Å². The number of nitrogens with two attached hydrogens (primary N) is 1. The summed E-state index contributed by atoms with van der Waals surface area (Å²) >= 11 is 23.9. The zero-order chi connectivity index (χ0) is 88.9. The van der Waals surface area contributed by atoms with Gasteiger partial charge in [-0.05, 0) is 169 Å². The number of amides is 5. The Balaban J connectivity index is 0.000000211. The van der Waals surface area contributed by atoms with Crippen molar-refractivity contribution in [1.29, 1.82) is 0 Å². The quantitative estimate of drug-likeness (QED) is 0.0265. The Morgan fingerprint density at radius 1 is 0.439 bits per heavy atom. The van der Waals surface area contributed by atoms with E-state index in [1.807, 2.05) is 97.1 Å². The van der Waals surface area contributed by atoms with Gasteiger partial charge in [-0.3, -0.25) is 24.2 Å². The molecule has 3 saturated heterocycles. The number of piperazine rings is 3. The molecule has 8 aromatic carbocycles. The van der Waals surface area contributed by atoms with E-state index in [4.69, 9.17) is 104 Å². The standard InChI is InChI=1S/C33H39Cl2N3O8S.C28H31Cl2N3O6S.C27H37N3O6/c1-33(2,3)46-32(40)37-20-25(19-36-47(41,42)27-14-15-28(34)29(35)18-27)38(31(39)21-37)24-10-12-26(13-11-24)45-17-7-16-44-22-23-8-5-6-9-30(23)43-4;1-37-27-6-3-2-5-20(27)19-38-13-4-14-39-23-9-7-21(8-10-23)33-22(16-31-18-28(33)34)17-32-40(35,36)24-11-12-25(29)26(30)15-24;1-27(2,3)36-26(32)29-17-22(16-28)30(25(31)18-29)21-10-12-23(13-11-21)35-15-7-14-34-19-20-8-5-6-9-24(20)33-4/h5-6,8-15,18,25,36H,7,16-17,19-22H2,1-4H3;2-3,5-12,15,22,31-32H,4,13-14,16-19H2,1H3;5-6,8-13,22H,7,14-19,28H2,1-4H3/t25-;2*22-/m010/s1. The highest BCUT2D eigenvalue weighted by Gasteiger charge is 2.40. The monoisotopic (exact) mass is 1810 g/mol. The van der Waals surface area contributed by atoms with Crippen LogP contribution in [0.25, 0.3) is 0 Å². The van der Waals surface area contributed by atoms with Gasteiger partial charge >= 0.3 is 12.2 Å². The number of ether oxygens (including phenoxy) is 11. The lowest BCUT2D eigenvalue weighted by Gasteiger charge is -2.41. The van der Waals surface area contributed by atoms with Crippen molar-refractivity contribution in [1.82, 2.24) is 24.6 Å². The number of hydrogen-bond donors (Lipinski definition) is 4. The normalized spacial score (nSPS) is 15.7. The summed E-state index contributed by atoms with van der Waals surface area (Å²) in [5.74, 6) is 3.58. The maximum absolute atomic E-state index is 13.5. The fourth-order valence-electron chi connectivity index (χ4n) is 12.9. The summed E-state index contributed by atoms with van der Waals surface area (Å²) in [5, 5.41) is 3.75. The van der Waals surface area contributed by atoms with Crippen LogP contribution in [0.2, 0.25) is 20.1 Å². The fourth-order valence-corrected chi connectivity index (χ4v) is 15.9. The van der Waals surface area contributed by atoms with Crippen LogP contribution in [0.5, 0.6) is 34.5 Å². The minimum atomic E-state index is -4.03.